The van der Waals surface area contributed by atoms with Crippen molar-refractivity contribution in [3.63, 3.8) is 0 Å². The van der Waals surface area contributed by atoms with Crippen LogP contribution in [0.3, 0.4) is 0 Å². The van der Waals surface area contributed by atoms with Gasteiger partial charge < -0.3 is 4.74 Å². The number of alkyl halides is 1. The van der Waals surface area contributed by atoms with Gasteiger partial charge in [-0.15, -0.1) is 11.6 Å². The highest BCUT2D eigenvalue weighted by Crippen LogP contribution is 2.28. The largest absolute Gasteiger partial charge is 0.380 e. The maximum atomic E-state index is 13.3. The maximum absolute atomic E-state index is 13.3. The smallest absolute Gasteiger partial charge is 0.243 e. The number of hydrogen-bond donors (Lipinski definition) is 0. The summed E-state index contributed by atoms with van der Waals surface area (Å²) in [5.74, 6) is 0.0553. The van der Waals surface area contributed by atoms with Crippen molar-refractivity contribution >= 4 is 21.6 Å². The maximum Gasteiger partial charge on any atom is 0.243 e. The zero-order valence-electron chi connectivity index (χ0n) is 11.9. The molecule has 0 aromatic heterocycles. The van der Waals surface area contributed by atoms with Gasteiger partial charge in [0.2, 0.25) is 10.0 Å². The standard InChI is InChI=1S/C14H19ClFNO3S/c1-17(6-7-20-10-11-2-3-11)21(18,19)14-8-13(16)5-4-12(14)9-15/h4-5,8,11H,2-3,6-7,9-10H2,1H3. The summed E-state index contributed by atoms with van der Waals surface area (Å²) in [6.45, 7) is 1.24. The lowest BCUT2D eigenvalue weighted by Gasteiger charge is -2.19. The molecule has 0 radical (unpaired) electrons. The van der Waals surface area contributed by atoms with Crippen LogP contribution >= 0.6 is 11.6 Å². The third-order valence-electron chi connectivity index (χ3n) is 3.46. The second kappa shape index (κ2) is 7.05. The molecular formula is C14H19ClFNO3S. The zero-order valence-corrected chi connectivity index (χ0v) is 13.5. The second-order valence-corrected chi connectivity index (χ2v) is 7.51. The van der Waals surface area contributed by atoms with Crippen LogP contribution in [0.4, 0.5) is 4.39 Å². The highest BCUT2D eigenvalue weighted by molar-refractivity contribution is 7.89. The van der Waals surface area contributed by atoms with Crippen LogP contribution in [-0.4, -0.2) is 39.5 Å². The minimum atomic E-state index is -3.76. The number of ether oxygens (including phenoxy) is 1. The van der Waals surface area contributed by atoms with Gasteiger partial charge in [0.05, 0.1) is 11.5 Å². The summed E-state index contributed by atoms with van der Waals surface area (Å²) in [4.78, 5) is -0.0813. The van der Waals surface area contributed by atoms with Crippen LogP contribution in [-0.2, 0) is 20.6 Å². The van der Waals surface area contributed by atoms with Crippen molar-refractivity contribution in [2.24, 2.45) is 5.92 Å². The molecule has 1 aromatic rings. The molecule has 7 heteroatoms. The molecule has 0 bridgehead atoms. The Bertz CT molecular complexity index is 590. The van der Waals surface area contributed by atoms with Gasteiger partial charge in [0.25, 0.3) is 0 Å². The molecule has 0 N–H and O–H groups in total. The fourth-order valence-corrected chi connectivity index (χ4v) is 3.59. The number of likely N-dealkylation sites (N-methyl/N-ethyl adjacent to an activating group) is 1. The Kier molecular flexibility index (Phi) is 5.60. The molecule has 0 unspecified atom stereocenters. The third-order valence-corrected chi connectivity index (χ3v) is 5.69. The Hall–Kier alpha value is -0.690. The summed E-state index contributed by atoms with van der Waals surface area (Å²) in [6, 6.07) is 3.61. The minimum absolute atomic E-state index is 0.0147. The monoisotopic (exact) mass is 335 g/mol. The highest BCUT2D eigenvalue weighted by Gasteiger charge is 2.25. The number of halogens is 2. The molecule has 0 amide bonds. The van der Waals surface area contributed by atoms with E-state index in [0.717, 1.165) is 6.07 Å². The van der Waals surface area contributed by atoms with Gasteiger partial charge in [0.1, 0.15) is 5.82 Å². The molecular weight excluding hydrogens is 317 g/mol. The molecule has 1 aliphatic rings. The van der Waals surface area contributed by atoms with Crippen LogP contribution in [0.1, 0.15) is 18.4 Å². The molecule has 2 rings (SSSR count). The molecule has 4 nitrogen and oxygen atoms in total. The quantitative estimate of drug-likeness (QED) is 0.542. The number of benzene rings is 1. The van der Waals surface area contributed by atoms with Crippen molar-refractivity contribution in [1.29, 1.82) is 0 Å². The molecule has 118 valence electrons. The van der Waals surface area contributed by atoms with Crippen LogP contribution in [0.25, 0.3) is 0 Å². The molecule has 1 fully saturated rings. The van der Waals surface area contributed by atoms with E-state index in [2.05, 4.69) is 0 Å². The Morgan fingerprint density at radius 1 is 1.43 bits per heavy atom. The predicted octanol–water partition coefficient (Wildman–Crippen LogP) is 2.61. The average Bonchev–Trinajstić information content (AvgIpc) is 3.27. The van der Waals surface area contributed by atoms with Crippen LogP contribution in [0.5, 0.6) is 0 Å². The Morgan fingerprint density at radius 3 is 2.76 bits per heavy atom. The SMILES string of the molecule is CN(CCOCC1CC1)S(=O)(=O)c1cc(F)ccc1CCl. The summed E-state index contributed by atoms with van der Waals surface area (Å²) < 4.78 is 44.8. The average molecular weight is 336 g/mol. The summed E-state index contributed by atoms with van der Waals surface area (Å²) in [7, 11) is -2.30. The first-order chi connectivity index (χ1) is 9.95. The lowest BCUT2D eigenvalue weighted by Crippen LogP contribution is -2.31. The van der Waals surface area contributed by atoms with E-state index in [1.807, 2.05) is 0 Å². The van der Waals surface area contributed by atoms with Gasteiger partial charge in [0, 0.05) is 26.1 Å². The van der Waals surface area contributed by atoms with Crippen LogP contribution < -0.4 is 0 Å². The summed E-state index contributed by atoms with van der Waals surface area (Å²) >= 11 is 5.73. The van der Waals surface area contributed by atoms with Gasteiger partial charge in [-0.3, -0.25) is 0 Å². The van der Waals surface area contributed by atoms with Gasteiger partial charge in [-0.25, -0.2) is 12.8 Å². The van der Waals surface area contributed by atoms with E-state index in [1.165, 1.54) is 36.3 Å². The molecule has 0 saturated heterocycles. The van der Waals surface area contributed by atoms with Gasteiger partial charge in [-0.05, 0) is 36.5 Å². The summed E-state index contributed by atoms with van der Waals surface area (Å²) in [5, 5.41) is 0. The number of rotatable bonds is 8. The Balaban J connectivity index is 2.03. The Morgan fingerprint density at radius 2 is 2.14 bits per heavy atom. The van der Waals surface area contributed by atoms with E-state index in [0.29, 0.717) is 24.7 Å². The van der Waals surface area contributed by atoms with Crippen molar-refractivity contribution in [1.82, 2.24) is 4.31 Å². The predicted molar refractivity (Wildman–Crippen MR) is 79.3 cm³/mol. The van der Waals surface area contributed by atoms with Crippen molar-refractivity contribution in [3.05, 3.63) is 29.6 Å². The van der Waals surface area contributed by atoms with E-state index in [1.54, 1.807) is 0 Å². The normalized spacial score (nSPS) is 15.6. The Labute approximate surface area is 129 Å². The van der Waals surface area contributed by atoms with Crippen LogP contribution in [0.15, 0.2) is 23.1 Å². The molecule has 0 spiro atoms. The van der Waals surface area contributed by atoms with E-state index >= 15 is 0 Å². The van der Waals surface area contributed by atoms with Gasteiger partial charge in [-0.1, -0.05) is 6.07 Å². The van der Waals surface area contributed by atoms with E-state index in [-0.39, 0.29) is 17.3 Å². The molecule has 1 aliphatic carbocycles. The highest BCUT2D eigenvalue weighted by atomic mass is 35.5. The first kappa shape index (κ1) is 16.7. The third kappa shape index (κ3) is 4.39. The summed E-state index contributed by atoms with van der Waals surface area (Å²) in [6.07, 6.45) is 2.38. The molecule has 0 aliphatic heterocycles. The van der Waals surface area contributed by atoms with Crippen LogP contribution in [0, 0.1) is 11.7 Å². The van der Waals surface area contributed by atoms with Crippen molar-refractivity contribution < 1.29 is 17.5 Å². The van der Waals surface area contributed by atoms with Crippen LogP contribution in [0.2, 0.25) is 0 Å². The first-order valence-electron chi connectivity index (χ1n) is 6.83. The summed E-state index contributed by atoms with van der Waals surface area (Å²) in [5.41, 5.74) is 0.392. The van der Waals surface area contributed by atoms with Crippen molar-refractivity contribution in [3.8, 4) is 0 Å². The number of hydrogen-bond acceptors (Lipinski definition) is 3. The second-order valence-electron chi connectivity index (χ2n) is 5.23. The van der Waals surface area contributed by atoms with Crippen molar-refractivity contribution in [2.45, 2.75) is 23.6 Å². The molecule has 1 saturated carbocycles. The lowest BCUT2D eigenvalue weighted by atomic mass is 10.2. The van der Waals surface area contributed by atoms with Crippen molar-refractivity contribution in [2.75, 3.05) is 26.8 Å². The molecule has 0 atom stereocenters. The van der Waals surface area contributed by atoms with E-state index in [4.69, 9.17) is 16.3 Å². The lowest BCUT2D eigenvalue weighted by molar-refractivity contribution is 0.117. The molecule has 1 aromatic carbocycles. The number of nitrogens with zero attached hydrogens (tertiary/aromatic N) is 1. The molecule has 21 heavy (non-hydrogen) atoms. The van der Waals surface area contributed by atoms with E-state index in [9.17, 15) is 12.8 Å². The topological polar surface area (TPSA) is 46.6 Å². The number of sulfonamides is 1. The minimum Gasteiger partial charge on any atom is -0.380 e. The van der Waals surface area contributed by atoms with Gasteiger partial charge in [-0.2, -0.15) is 4.31 Å². The van der Waals surface area contributed by atoms with E-state index < -0.39 is 15.8 Å². The zero-order chi connectivity index (χ0) is 15.5. The fraction of sp³-hybridized carbons (Fsp3) is 0.571. The first-order valence-corrected chi connectivity index (χ1v) is 8.81. The molecule has 0 heterocycles. The van der Waals surface area contributed by atoms with Gasteiger partial charge >= 0.3 is 0 Å². The fourth-order valence-electron chi connectivity index (χ4n) is 1.89. The van der Waals surface area contributed by atoms with Gasteiger partial charge in [0.15, 0.2) is 0 Å².